The lowest BCUT2D eigenvalue weighted by atomic mass is 9.87. The minimum absolute atomic E-state index is 0.0647. The summed E-state index contributed by atoms with van der Waals surface area (Å²) in [5, 5.41) is 5.72. The second-order valence-electron chi connectivity index (χ2n) is 7.56. The predicted octanol–water partition coefficient (Wildman–Crippen LogP) is 4.61. The minimum atomic E-state index is -0.506. The summed E-state index contributed by atoms with van der Waals surface area (Å²) in [7, 11) is 0. The number of nitrogens with one attached hydrogen (secondary N) is 2. The van der Waals surface area contributed by atoms with Crippen molar-refractivity contribution in [3.05, 3.63) is 71.3 Å². The molecule has 1 unspecified atom stereocenters. The SMILES string of the molecule is C=Cc1cc(C(C)NC(=O)Nc2ccc(C(C)(C)C)cc2)ccc1C(N)=O. The summed E-state index contributed by atoms with van der Waals surface area (Å²) in [6.45, 7) is 12.0. The second-order valence-corrected chi connectivity index (χ2v) is 7.56. The number of primary amides is 1. The van der Waals surface area contributed by atoms with Gasteiger partial charge in [0.1, 0.15) is 0 Å². The summed E-state index contributed by atoms with van der Waals surface area (Å²) in [5.41, 5.74) is 9.25. The summed E-state index contributed by atoms with van der Waals surface area (Å²) < 4.78 is 0. The van der Waals surface area contributed by atoms with E-state index in [0.29, 0.717) is 11.1 Å². The molecule has 5 heteroatoms. The van der Waals surface area contributed by atoms with Crippen LogP contribution >= 0.6 is 0 Å². The van der Waals surface area contributed by atoms with Crippen molar-refractivity contribution in [2.45, 2.75) is 39.2 Å². The fourth-order valence-electron chi connectivity index (χ4n) is 2.74. The van der Waals surface area contributed by atoms with E-state index in [1.165, 1.54) is 5.56 Å². The normalized spacial score (nSPS) is 12.1. The number of carbonyl (C=O) groups is 2. The van der Waals surface area contributed by atoms with Gasteiger partial charge >= 0.3 is 6.03 Å². The van der Waals surface area contributed by atoms with Gasteiger partial charge in [-0.3, -0.25) is 4.79 Å². The number of anilines is 1. The molecule has 1 atom stereocenters. The molecule has 0 radical (unpaired) electrons. The maximum atomic E-state index is 12.3. The van der Waals surface area contributed by atoms with Crippen molar-refractivity contribution in [1.82, 2.24) is 5.32 Å². The molecule has 0 saturated carbocycles. The molecule has 0 aliphatic heterocycles. The van der Waals surface area contributed by atoms with Gasteiger partial charge in [-0.05, 0) is 53.3 Å². The van der Waals surface area contributed by atoms with Crippen molar-refractivity contribution >= 4 is 23.7 Å². The molecule has 4 N–H and O–H groups in total. The average Bonchev–Trinajstić information content (AvgIpc) is 2.60. The van der Waals surface area contributed by atoms with Crippen LogP contribution in [-0.4, -0.2) is 11.9 Å². The Bertz CT molecular complexity index is 849. The molecule has 2 aromatic carbocycles. The molecule has 0 aliphatic carbocycles. The number of urea groups is 1. The first-order valence-electron chi connectivity index (χ1n) is 8.86. The van der Waals surface area contributed by atoms with Crippen molar-refractivity contribution in [3.8, 4) is 0 Å². The zero-order valence-electron chi connectivity index (χ0n) is 16.3. The lowest BCUT2D eigenvalue weighted by Gasteiger charge is -2.20. The Morgan fingerprint density at radius 3 is 2.26 bits per heavy atom. The van der Waals surface area contributed by atoms with Crippen LogP contribution in [0.25, 0.3) is 6.08 Å². The molecule has 0 heterocycles. The molecule has 0 fully saturated rings. The first-order valence-corrected chi connectivity index (χ1v) is 8.86. The largest absolute Gasteiger partial charge is 0.366 e. The highest BCUT2D eigenvalue weighted by molar-refractivity contribution is 5.96. The van der Waals surface area contributed by atoms with E-state index in [2.05, 4.69) is 38.0 Å². The van der Waals surface area contributed by atoms with Gasteiger partial charge in [-0.1, -0.05) is 51.6 Å². The molecule has 2 rings (SSSR count). The quantitative estimate of drug-likeness (QED) is 0.723. The van der Waals surface area contributed by atoms with Gasteiger partial charge in [-0.15, -0.1) is 0 Å². The highest BCUT2D eigenvalue weighted by Crippen LogP contribution is 2.23. The maximum Gasteiger partial charge on any atom is 0.319 e. The van der Waals surface area contributed by atoms with Gasteiger partial charge < -0.3 is 16.4 Å². The van der Waals surface area contributed by atoms with Gasteiger partial charge in [0.2, 0.25) is 5.91 Å². The van der Waals surface area contributed by atoms with Gasteiger partial charge in [-0.2, -0.15) is 0 Å². The number of amides is 3. The van der Waals surface area contributed by atoms with E-state index in [4.69, 9.17) is 5.73 Å². The van der Waals surface area contributed by atoms with Crippen molar-refractivity contribution in [3.63, 3.8) is 0 Å². The standard InChI is InChI=1S/C22H27N3O2/c1-6-15-13-16(7-12-19(15)20(23)26)14(2)24-21(27)25-18-10-8-17(9-11-18)22(3,4)5/h6-14H,1H2,2-5H3,(H2,23,26)(H2,24,25,27). The monoisotopic (exact) mass is 365 g/mol. The van der Waals surface area contributed by atoms with Gasteiger partial charge in [0.05, 0.1) is 6.04 Å². The van der Waals surface area contributed by atoms with E-state index >= 15 is 0 Å². The first kappa shape index (κ1) is 20.2. The molecular formula is C22H27N3O2. The van der Waals surface area contributed by atoms with Crippen molar-refractivity contribution in [1.29, 1.82) is 0 Å². The van der Waals surface area contributed by atoms with Gasteiger partial charge in [-0.25, -0.2) is 4.79 Å². The van der Waals surface area contributed by atoms with E-state index in [0.717, 1.165) is 11.3 Å². The van der Waals surface area contributed by atoms with Crippen LogP contribution in [0.3, 0.4) is 0 Å². The number of hydrogen-bond acceptors (Lipinski definition) is 2. The number of carbonyl (C=O) groups excluding carboxylic acids is 2. The second kappa shape index (κ2) is 8.08. The summed E-state index contributed by atoms with van der Waals surface area (Å²) in [6.07, 6.45) is 1.58. The predicted molar refractivity (Wildman–Crippen MR) is 111 cm³/mol. The zero-order valence-corrected chi connectivity index (χ0v) is 16.3. The van der Waals surface area contributed by atoms with Crippen molar-refractivity contribution in [2.75, 3.05) is 5.32 Å². The molecule has 27 heavy (non-hydrogen) atoms. The minimum Gasteiger partial charge on any atom is -0.366 e. The van der Waals surface area contributed by atoms with Gasteiger partial charge in [0.25, 0.3) is 0 Å². The molecule has 0 aromatic heterocycles. The van der Waals surface area contributed by atoms with E-state index in [1.807, 2.05) is 31.2 Å². The summed E-state index contributed by atoms with van der Waals surface area (Å²) in [5.74, 6) is -0.506. The van der Waals surface area contributed by atoms with Crippen LogP contribution in [0.1, 0.15) is 60.8 Å². The van der Waals surface area contributed by atoms with E-state index in [-0.39, 0.29) is 17.5 Å². The Balaban J connectivity index is 2.05. The lowest BCUT2D eigenvalue weighted by Crippen LogP contribution is -2.31. The zero-order chi connectivity index (χ0) is 20.2. The Hall–Kier alpha value is -3.08. The molecule has 0 aliphatic rings. The molecule has 3 amide bonds. The molecule has 142 valence electrons. The van der Waals surface area contributed by atoms with Crippen LogP contribution < -0.4 is 16.4 Å². The fraction of sp³-hybridized carbons (Fsp3) is 0.273. The average molecular weight is 365 g/mol. The summed E-state index contributed by atoms with van der Waals surface area (Å²) in [4.78, 5) is 23.7. The van der Waals surface area contributed by atoms with Crippen LogP contribution in [0.2, 0.25) is 0 Å². The molecule has 2 aromatic rings. The highest BCUT2D eigenvalue weighted by atomic mass is 16.2. The summed E-state index contributed by atoms with van der Waals surface area (Å²) in [6, 6.07) is 12.5. The molecule has 5 nitrogen and oxygen atoms in total. The van der Waals surface area contributed by atoms with E-state index in [9.17, 15) is 9.59 Å². The molecule has 0 spiro atoms. The number of benzene rings is 2. The van der Waals surface area contributed by atoms with Crippen molar-refractivity contribution < 1.29 is 9.59 Å². The number of nitrogens with two attached hydrogens (primary N) is 1. The topological polar surface area (TPSA) is 84.2 Å². The van der Waals surface area contributed by atoms with Crippen LogP contribution in [-0.2, 0) is 5.41 Å². The Labute approximate surface area is 160 Å². The van der Waals surface area contributed by atoms with Crippen LogP contribution in [0.15, 0.2) is 49.0 Å². The number of rotatable bonds is 5. The third-order valence-corrected chi connectivity index (χ3v) is 4.42. The number of hydrogen-bond donors (Lipinski definition) is 3. The maximum absolute atomic E-state index is 12.3. The van der Waals surface area contributed by atoms with Crippen LogP contribution in [0, 0.1) is 0 Å². The Morgan fingerprint density at radius 1 is 1.11 bits per heavy atom. The van der Waals surface area contributed by atoms with Crippen molar-refractivity contribution in [2.24, 2.45) is 5.73 Å². The summed E-state index contributed by atoms with van der Waals surface area (Å²) >= 11 is 0. The smallest absolute Gasteiger partial charge is 0.319 e. The van der Waals surface area contributed by atoms with Crippen LogP contribution in [0.4, 0.5) is 10.5 Å². The molecule has 0 bridgehead atoms. The fourth-order valence-corrected chi connectivity index (χ4v) is 2.74. The third kappa shape index (κ3) is 5.20. The lowest BCUT2D eigenvalue weighted by molar-refractivity contribution is 0.1000. The van der Waals surface area contributed by atoms with Gasteiger partial charge in [0, 0.05) is 11.3 Å². The Kier molecular flexibility index (Phi) is 6.05. The first-order chi connectivity index (χ1) is 12.6. The third-order valence-electron chi connectivity index (χ3n) is 4.42. The molecular weight excluding hydrogens is 338 g/mol. The highest BCUT2D eigenvalue weighted by Gasteiger charge is 2.15. The molecule has 0 saturated heterocycles. The van der Waals surface area contributed by atoms with Crippen LogP contribution in [0.5, 0.6) is 0 Å². The Morgan fingerprint density at radius 2 is 1.74 bits per heavy atom. The van der Waals surface area contributed by atoms with E-state index < -0.39 is 5.91 Å². The van der Waals surface area contributed by atoms with E-state index in [1.54, 1.807) is 24.3 Å². The van der Waals surface area contributed by atoms with Gasteiger partial charge in [0.15, 0.2) is 0 Å².